The number of nitrogens with two attached hydrogens (primary N) is 1. The molecule has 0 aliphatic heterocycles. The zero-order valence-corrected chi connectivity index (χ0v) is 18.2. The van der Waals surface area contributed by atoms with Gasteiger partial charge in [0, 0.05) is 13.1 Å². The Labute approximate surface area is 186 Å². The van der Waals surface area contributed by atoms with E-state index in [1.165, 1.54) is 37.4 Å². The van der Waals surface area contributed by atoms with Gasteiger partial charge < -0.3 is 15.8 Å². The minimum atomic E-state index is -3.69. The number of carbonyl (C=O) groups excluding carboxylic acids is 2. The minimum Gasteiger partial charge on any atom is -0.484 e. The van der Waals surface area contributed by atoms with Gasteiger partial charge in [0.2, 0.25) is 0 Å². The number of anilines is 2. The summed E-state index contributed by atoms with van der Waals surface area (Å²) in [6.07, 6.45) is 0. The first-order chi connectivity index (χ1) is 15.1. The summed E-state index contributed by atoms with van der Waals surface area (Å²) in [5.41, 5.74) is 4.39. The molecule has 0 unspecified atom stereocenters. The third-order valence-electron chi connectivity index (χ3n) is 4.28. The van der Waals surface area contributed by atoms with Crippen LogP contribution in [0.15, 0.2) is 58.1 Å². The van der Waals surface area contributed by atoms with Crippen LogP contribution in [0.3, 0.4) is 0 Å². The molecule has 1 aromatic heterocycles. The number of benzene rings is 2. The van der Waals surface area contributed by atoms with Crippen LogP contribution in [0.5, 0.6) is 5.75 Å². The highest BCUT2D eigenvalue weighted by molar-refractivity contribution is 7.94. The van der Waals surface area contributed by atoms with E-state index in [1.54, 1.807) is 11.4 Å². The maximum Gasteiger partial charge on any atom is 0.273 e. The summed E-state index contributed by atoms with van der Waals surface area (Å²) < 4.78 is 59.1. The lowest BCUT2D eigenvalue weighted by molar-refractivity contribution is -0.118. The molecule has 12 heteroatoms. The Morgan fingerprint density at radius 3 is 2.41 bits per heavy atom. The molecule has 168 valence electrons. The van der Waals surface area contributed by atoms with Gasteiger partial charge in [0.15, 0.2) is 6.61 Å². The van der Waals surface area contributed by atoms with E-state index in [0.29, 0.717) is 11.8 Å². The van der Waals surface area contributed by atoms with Crippen molar-refractivity contribution in [1.82, 2.24) is 0 Å². The molecular weight excluding hydrogens is 464 g/mol. The maximum atomic E-state index is 13.8. The third-order valence-corrected chi connectivity index (χ3v) is 7.43. The molecule has 2 aromatic carbocycles. The van der Waals surface area contributed by atoms with Gasteiger partial charge in [0.25, 0.3) is 21.8 Å². The number of hydrogen-bond acceptors (Lipinski definition) is 6. The first-order valence-corrected chi connectivity index (χ1v) is 11.3. The van der Waals surface area contributed by atoms with Crippen LogP contribution in [0.1, 0.15) is 10.4 Å². The van der Waals surface area contributed by atoms with E-state index in [1.807, 2.05) is 0 Å². The number of rotatable bonds is 8. The number of thiophene rings is 1. The van der Waals surface area contributed by atoms with Crippen LogP contribution in [0, 0.1) is 11.6 Å². The SMILES string of the molecule is CN(c1ccc(OCC(=O)Nc2cc(C(N)=O)c(F)cc2F)cc1)S(=O)(=O)c1cccs1. The molecule has 0 aliphatic carbocycles. The van der Waals surface area contributed by atoms with Gasteiger partial charge in [-0.1, -0.05) is 6.07 Å². The van der Waals surface area contributed by atoms with Gasteiger partial charge in [-0.25, -0.2) is 17.2 Å². The van der Waals surface area contributed by atoms with Crippen LogP contribution in [0.25, 0.3) is 0 Å². The number of nitrogens with zero attached hydrogens (tertiary/aromatic N) is 1. The van der Waals surface area contributed by atoms with Crippen LogP contribution in [-0.2, 0) is 14.8 Å². The van der Waals surface area contributed by atoms with Gasteiger partial charge in [-0.05, 0) is 41.8 Å². The topological polar surface area (TPSA) is 119 Å². The molecule has 0 fully saturated rings. The zero-order valence-electron chi connectivity index (χ0n) is 16.5. The van der Waals surface area contributed by atoms with Crippen molar-refractivity contribution in [3.8, 4) is 5.75 Å². The van der Waals surface area contributed by atoms with Gasteiger partial charge in [-0.2, -0.15) is 0 Å². The Kier molecular flexibility index (Phi) is 6.75. The van der Waals surface area contributed by atoms with E-state index < -0.39 is 51.3 Å². The number of ether oxygens (including phenoxy) is 1. The predicted molar refractivity (Wildman–Crippen MR) is 115 cm³/mol. The number of halogens is 2. The summed E-state index contributed by atoms with van der Waals surface area (Å²) in [7, 11) is -2.27. The molecule has 3 N–H and O–H groups in total. The van der Waals surface area contributed by atoms with E-state index >= 15 is 0 Å². The molecular formula is C20H17F2N3O5S2. The van der Waals surface area contributed by atoms with Crippen LogP contribution in [0.4, 0.5) is 20.2 Å². The second-order valence-corrected chi connectivity index (χ2v) is 9.56. The molecule has 8 nitrogen and oxygen atoms in total. The fraction of sp³-hybridized carbons (Fsp3) is 0.100. The number of primary amides is 1. The van der Waals surface area contributed by atoms with Crippen LogP contribution in [0.2, 0.25) is 0 Å². The number of hydrogen-bond donors (Lipinski definition) is 2. The highest BCUT2D eigenvalue weighted by Crippen LogP contribution is 2.26. The van der Waals surface area contributed by atoms with E-state index in [4.69, 9.17) is 10.5 Å². The molecule has 0 aliphatic rings. The van der Waals surface area contributed by atoms with E-state index in [0.717, 1.165) is 21.7 Å². The van der Waals surface area contributed by atoms with Crippen molar-refractivity contribution in [1.29, 1.82) is 0 Å². The van der Waals surface area contributed by atoms with Crippen molar-refractivity contribution in [3.05, 3.63) is 71.1 Å². The number of carbonyl (C=O) groups is 2. The van der Waals surface area contributed by atoms with Crippen LogP contribution < -0.4 is 20.1 Å². The fourth-order valence-electron chi connectivity index (χ4n) is 2.61. The van der Waals surface area contributed by atoms with Crippen molar-refractivity contribution < 1.29 is 31.5 Å². The number of sulfonamides is 1. The number of nitrogens with one attached hydrogen (secondary N) is 1. The standard InChI is InChI=1S/C20H17F2N3O5S2/c1-25(32(28,29)19-3-2-8-31-19)12-4-6-13(7-5-12)30-11-18(26)24-17-9-14(20(23)27)15(21)10-16(17)22/h2-10H,11H2,1H3,(H2,23,27)(H,24,26). The highest BCUT2D eigenvalue weighted by Gasteiger charge is 2.22. The Morgan fingerprint density at radius 1 is 1.12 bits per heavy atom. The van der Waals surface area contributed by atoms with Crippen LogP contribution in [-0.4, -0.2) is 33.9 Å². The second-order valence-electron chi connectivity index (χ2n) is 6.41. The van der Waals surface area contributed by atoms with Crippen molar-refractivity contribution in [3.63, 3.8) is 0 Å². The van der Waals surface area contributed by atoms with Crippen molar-refractivity contribution in [2.45, 2.75) is 4.21 Å². The van der Waals surface area contributed by atoms with Gasteiger partial charge in [0.1, 0.15) is 21.6 Å². The van der Waals surface area contributed by atoms with Crippen LogP contribution >= 0.6 is 11.3 Å². The Morgan fingerprint density at radius 2 is 1.81 bits per heavy atom. The van der Waals surface area contributed by atoms with E-state index in [9.17, 15) is 26.8 Å². The lowest BCUT2D eigenvalue weighted by Gasteiger charge is -2.18. The number of amides is 2. The molecule has 2 amide bonds. The summed E-state index contributed by atoms with van der Waals surface area (Å²) in [5, 5.41) is 3.83. The molecule has 0 saturated carbocycles. The van der Waals surface area contributed by atoms with Gasteiger partial charge in [-0.15, -0.1) is 11.3 Å². The summed E-state index contributed by atoms with van der Waals surface area (Å²) in [5.74, 6) is -3.85. The Bertz CT molecular complexity index is 1250. The van der Waals surface area contributed by atoms with Gasteiger partial charge in [-0.3, -0.25) is 13.9 Å². The van der Waals surface area contributed by atoms with Gasteiger partial charge >= 0.3 is 0 Å². The summed E-state index contributed by atoms with van der Waals surface area (Å²) >= 11 is 1.10. The zero-order chi connectivity index (χ0) is 23.5. The third kappa shape index (κ3) is 5.03. The molecule has 0 bridgehead atoms. The van der Waals surface area contributed by atoms with Gasteiger partial charge in [0.05, 0.1) is 16.9 Å². The quantitative estimate of drug-likeness (QED) is 0.513. The first kappa shape index (κ1) is 23.2. The summed E-state index contributed by atoms with van der Waals surface area (Å²) in [6.45, 7) is -0.522. The average Bonchev–Trinajstić information content (AvgIpc) is 3.29. The van der Waals surface area contributed by atoms with Crippen molar-refractivity contribution in [2.75, 3.05) is 23.3 Å². The highest BCUT2D eigenvalue weighted by atomic mass is 32.2. The van der Waals surface area contributed by atoms with E-state index in [-0.39, 0.29) is 9.96 Å². The maximum absolute atomic E-state index is 13.8. The minimum absolute atomic E-state index is 0.199. The molecule has 0 atom stereocenters. The first-order valence-electron chi connectivity index (χ1n) is 8.93. The largest absolute Gasteiger partial charge is 0.484 e. The smallest absolute Gasteiger partial charge is 0.273 e. The lowest BCUT2D eigenvalue weighted by Crippen LogP contribution is -2.25. The van der Waals surface area contributed by atoms with E-state index in [2.05, 4.69) is 5.32 Å². The van der Waals surface area contributed by atoms with Crippen molar-refractivity contribution in [2.24, 2.45) is 5.73 Å². The predicted octanol–water partition coefficient (Wildman–Crippen LogP) is 2.97. The average molecular weight is 482 g/mol. The molecule has 0 spiro atoms. The monoisotopic (exact) mass is 481 g/mol. The lowest BCUT2D eigenvalue weighted by atomic mass is 10.1. The Hall–Kier alpha value is -3.51. The summed E-state index contributed by atoms with van der Waals surface area (Å²) in [6, 6.07) is 10.3. The second kappa shape index (κ2) is 9.32. The van der Waals surface area contributed by atoms with Crippen molar-refractivity contribution >= 4 is 44.5 Å². The normalized spacial score (nSPS) is 11.1. The summed E-state index contributed by atoms with van der Waals surface area (Å²) in [4.78, 5) is 23.2. The molecule has 3 rings (SSSR count). The fourth-order valence-corrected chi connectivity index (χ4v) is 4.96. The molecule has 1 heterocycles. The Balaban J connectivity index is 1.63. The molecule has 0 radical (unpaired) electrons. The molecule has 0 saturated heterocycles. The molecule has 32 heavy (non-hydrogen) atoms. The molecule has 3 aromatic rings.